The van der Waals surface area contributed by atoms with Gasteiger partial charge in [0.25, 0.3) is 11.8 Å². The van der Waals surface area contributed by atoms with Crippen molar-refractivity contribution in [2.75, 3.05) is 23.7 Å². The molecule has 0 radical (unpaired) electrons. The molecule has 0 aliphatic carbocycles. The third-order valence-electron chi connectivity index (χ3n) is 5.16. The van der Waals surface area contributed by atoms with Crippen molar-refractivity contribution in [1.29, 1.82) is 0 Å². The lowest BCUT2D eigenvalue weighted by Gasteiger charge is -2.19. The number of anilines is 2. The van der Waals surface area contributed by atoms with E-state index in [1.54, 1.807) is 36.7 Å². The van der Waals surface area contributed by atoms with Crippen LogP contribution in [-0.2, 0) is 4.79 Å². The summed E-state index contributed by atoms with van der Waals surface area (Å²) in [6.07, 6.45) is 5.16. The van der Waals surface area contributed by atoms with Crippen LogP contribution in [0.15, 0.2) is 72.6 Å². The number of nitrogens with zero attached hydrogens (tertiary/aromatic N) is 1. The molecular weight excluding hydrogens is 426 g/mol. The Morgan fingerprint density at radius 1 is 1.12 bits per heavy atom. The first kappa shape index (κ1) is 21.5. The Kier molecular flexibility index (Phi) is 6.49. The van der Waals surface area contributed by atoms with Crippen LogP contribution in [-0.4, -0.2) is 29.9 Å². The van der Waals surface area contributed by atoms with E-state index in [2.05, 4.69) is 20.9 Å². The minimum atomic E-state index is -0.329. The third-order valence-corrected chi connectivity index (χ3v) is 5.49. The molecule has 162 valence electrons. The number of rotatable bonds is 6. The van der Waals surface area contributed by atoms with E-state index in [4.69, 9.17) is 17.3 Å². The molecule has 2 amide bonds. The predicted octanol–water partition coefficient (Wildman–Crippen LogP) is 3.61. The molecule has 0 saturated heterocycles. The second kappa shape index (κ2) is 9.64. The first-order chi connectivity index (χ1) is 15.5. The van der Waals surface area contributed by atoms with Crippen LogP contribution in [0.25, 0.3) is 6.08 Å². The highest BCUT2D eigenvalue weighted by Gasteiger charge is 2.19. The van der Waals surface area contributed by atoms with Crippen molar-refractivity contribution in [1.82, 2.24) is 10.3 Å². The Balaban J connectivity index is 1.50. The molecule has 0 spiro atoms. The molecule has 7 nitrogen and oxygen atoms in total. The zero-order chi connectivity index (χ0) is 22.5. The van der Waals surface area contributed by atoms with E-state index in [0.717, 1.165) is 16.8 Å². The van der Waals surface area contributed by atoms with Crippen LogP contribution in [0.4, 0.5) is 11.4 Å². The van der Waals surface area contributed by atoms with Gasteiger partial charge in [0.05, 0.1) is 16.8 Å². The molecule has 4 rings (SSSR count). The van der Waals surface area contributed by atoms with E-state index in [-0.39, 0.29) is 24.4 Å². The van der Waals surface area contributed by atoms with Crippen molar-refractivity contribution in [2.24, 2.45) is 5.73 Å². The summed E-state index contributed by atoms with van der Waals surface area (Å²) in [6, 6.07) is 15.8. The van der Waals surface area contributed by atoms with Gasteiger partial charge in [0.1, 0.15) is 0 Å². The van der Waals surface area contributed by atoms with Gasteiger partial charge in [-0.15, -0.1) is 0 Å². The minimum Gasteiger partial charge on any atom is -0.380 e. The van der Waals surface area contributed by atoms with Crippen molar-refractivity contribution in [3.05, 3.63) is 94.3 Å². The Hall–Kier alpha value is -3.68. The summed E-state index contributed by atoms with van der Waals surface area (Å²) in [5.41, 5.74) is 9.77. The number of amides is 2. The van der Waals surface area contributed by atoms with Crippen LogP contribution in [0.1, 0.15) is 27.5 Å². The van der Waals surface area contributed by atoms with Gasteiger partial charge >= 0.3 is 0 Å². The Labute approximate surface area is 190 Å². The Morgan fingerprint density at radius 2 is 1.94 bits per heavy atom. The van der Waals surface area contributed by atoms with Crippen molar-refractivity contribution in [2.45, 2.75) is 6.04 Å². The van der Waals surface area contributed by atoms with Gasteiger partial charge in [-0.1, -0.05) is 41.9 Å². The van der Waals surface area contributed by atoms with Crippen molar-refractivity contribution < 1.29 is 9.59 Å². The number of aromatic nitrogens is 1. The van der Waals surface area contributed by atoms with Crippen LogP contribution in [0, 0.1) is 0 Å². The van der Waals surface area contributed by atoms with E-state index in [9.17, 15) is 9.59 Å². The average molecular weight is 448 g/mol. The maximum Gasteiger partial charge on any atom is 0.253 e. The minimum absolute atomic E-state index is 0.254. The number of nitrogens with two attached hydrogens (primary N) is 1. The van der Waals surface area contributed by atoms with Crippen molar-refractivity contribution in [3.8, 4) is 0 Å². The smallest absolute Gasteiger partial charge is 0.253 e. The molecule has 1 aliphatic heterocycles. The number of hydrogen-bond donors (Lipinski definition) is 4. The maximum atomic E-state index is 12.8. The van der Waals surface area contributed by atoms with Crippen LogP contribution in [0.5, 0.6) is 0 Å². The SMILES string of the molecule is NCC(NC(=O)c1ccc(Cl)c(NC(=O)C2=Cc3cnccc3NC2)c1)c1ccccc1. The third kappa shape index (κ3) is 4.80. The monoisotopic (exact) mass is 447 g/mol. The zero-order valence-corrected chi connectivity index (χ0v) is 17.9. The van der Waals surface area contributed by atoms with Gasteiger partial charge in [-0.3, -0.25) is 14.6 Å². The Bertz CT molecular complexity index is 1180. The lowest BCUT2D eigenvalue weighted by molar-refractivity contribution is -0.112. The fourth-order valence-corrected chi connectivity index (χ4v) is 3.59. The zero-order valence-electron chi connectivity index (χ0n) is 17.1. The van der Waals surface area contributed by atoms with Crippen LogP contribution in [0.2, 0.25) is 5.02 Å². The van der Waals surface area contributed by atoms with Gasteiger partial charge in [-0.05, 0) is 35.9 Å². The molecule has 1 aliphatic rings. The summed E-state index contributed by atoms with van der Waals surface area (Å²) in [5, 5.41) is 9.25. The van der Waals surface area contributed by atoms with Gasteiger partial charge in [0, 0.05) is 47.9 Å². The number of halogens is 1. The summed E-state index contributed by atoms with van der Waals surface area (Å²) in [6.45, 7) is 0.625. The fourth-order valence-electron chi connectivity index (χ4n) is 3.43. The largest absolute Gasteiger partial charge is 0.380 e. The molecule has 2 heterocycles. The average Bonchev–Trinajstić information content (AvgIpc) is 2.83. The van der Waals surface area contributed by atoms with E-state index in [1.807, 2.05) is 36.4 Å². The van der Waals surface area contributed by atoms with Gasteiger partial charge in [0.15, 0.2) is 0 Å². The highest BCUT2D eigenvalue weighted by molar-refractivity contribution is 6.34. The molecule has 32 heavy (non-hydrogen) atoms. The quantitative estimate of drug-likeness (QED) is 0.461. The first-order valence-electron chi connectivity index (χ1n) is 10.1. The van der Waals surface area contributed by atoms with E-state index < -0.39 is 0 Å². The topological polar surface area (TPSA) is 109 Å². The maximum absolute atomic E-state index is 12.8. The van der Waals surface area contributed by atoms with Crippen LogP contribution >= 0.6 is 11.6 Å². The lowest BCUT2D eigenvalue weighted by atomic mass is 10.1. The Morgan fingerprint density at radius 3 is 2.72 bits per heavy atom. The van der Waals surface area contributed by atoms with Gasteiger partial charge < -0.3 is 21.7 Å². The molecule has 8 heteroatoms. The number of hydrogen-bond acceptors (Lipinski definition) is 5. The van der Waals surface area contributed by atoms with Gasteiger partial charge in [-0.25, -0.2) is 0 Å². The number of carbonyl (C=O) groups excluding carboxylic acids is 2. The van der Waals surface area contributed by atoms with E-state index in [0.29, 0.717) is 28.4 Å². The molecule has 5 N–H and O–H groups in total. The van der Waals surface area contributed by atoms with E-state index in [1.165, 1.54) is 0 Å². The highest BCUT2D eigenvalue weighted by Crippen LogP contribution is 2.26. The van der Waals surface area contributed by atoms with Crippen molar-refractivity contribution >= 4 is 40.9 Å². The number of nitrogens with one attached hydrogen (secondary N) is 3. The molecule has 0 bridgehead atoms. The summed E-state index contributed by atoms with van der Waals surface area (Å²) in [7, 11) is 0. The second-order valence-corrected chi connectivity index (χ2v) is 7.71. The summed E-state index contributed by atoms with van der Waals surface area (Å²) in [5.74, 6) is -0.620. The lowest BCUT2D eigenvalue weighted by Crippen LogP contribution is -2.33. The number of pyridine rings is 1. The molecule has 1 unspecified atom stereocenters. The van der Waals surface area contributed by atoms with Crippen LogP contribution in [0.3, 0.4) is 0 Å². The van der Waals surface area contributed by atoms with Crippen molar-refractivity contribution in [3.63, 3.8) is 0 Å². The molecule has 0 fully saturated rings. The van der Waals surface area contributed by atoms with Gasteiger partial charge in [-0.2, -0.15) is 0 Å². The molecule has 1 atom stereocenters. The summed E-state index contributed by atoms with van der Waals surface area (Å²) >= 11 is 6.28. The normalized spacial score (nSPS) is 13.2. The molecule has 1 aromatic heterocycles. The molecule has 0 saturated carbocycles. The van der Waals surface area contributed by atoms with Crippen LogP contribution < -0.4 is 21.7 Å². The fraction of sp³-hybridized carbons (Fsp3) is 0.125. The first-order valence-corrected chi connectivity index (χ1v) is 10.5. The summed E-state index contributed by atoms with van der Waals surface area (Å²) in [4.78, 5) is 29.7. The highest BCUT2D eigenvalue weighted by atomic mass is 35.5. The molecular formula is C24H22ClN5O2. The van der Waals surface area contributed by atoms with Gasteiger partial charge in [0.2, 0.25) is 0 Å². The predicted molar refractivity (Wildman–Crippen MR) is 126 cm³/mol. The molecule has 2 aromatic carbocycles. The second-order valence-electron chi connectivity index (χ2n) is 7.31. The number of benzene rings is 2. The van der Waals surface area contributed by atoms with E-state index >= 15 is 0 Å². The number of fused-ring (bicyclic) bond motifs is 1. The molecule has 3 aromatic rings. The number of carbonyl (C=O) groups is 2. The standard InChI is InChI=1S/C24H22ClN5O2/c25-19-7-6-16(23(31)30-22(12-26)15-4-2-1-3-5-15)11-21(19)29-24(32)18-10-17-13-27-9-8-20(17)28-14-18/h1-11,13,22,28H,12,14,26H2,(H,29,32)(H,30,31). The summed E-state index contributed by atoms with van der Waals surface area (Å²) < 4.78 is 0.